The lowest BCUT2D eigenvalue weighted by atomic mass is 10.0. The molecule has 0 N–H and O–H groups in total. The Hall–Kier alpha value is -1.01. The smallest absolute Gasteiger partial charge is 0.276 e. The van der Waals surface area contributed by atoms with Crippen LogP contribution in [0.3, 0.4) is 0 Å². The third-order valence-corrected chi connectivity index (χ3v) is 4.87. The minimum atomic E-state index is -0.299. The van der Waals surface area contributed by atoms with Crippen LogP contribution in [-0.2, 0) is 0 Å². The molecule has 6 nitrogen and oxygen atoms in total. The van der Waals surface area contributed by atoms with E-state index in [9.17, 15) is 0 Å². The molecule has 2 heterocycles. The molecule has 22 heavy (non-hydrogen) atoms. The third-order valence-electron chi connectivity index (χ3n) is 4.87. The minimum Gasteiger partial charge on any atom is -0.288 e. The van der Waals surface area contributed by atoms with Gasteiger partial charge in [0.1, 0.15) is 18.6 Å². The van der Waals surface area contributed by atoms with Crippen LogP contribution in [0.25, 0.3) is 0 Å². The molecule has 0 unspecified atom stereocenters. The molecular formula is C16H33N6+. The van der Waals surface area contributed by atoms with E-state index < -0.39 is 0 Å². The summed E-state index contributed by atoms with van der Waals surface area (Å²) in [6.07, 6.45) is 0.302. The summed E-state index contributed by atoms with van der Waals surface area (Å²) in [5.41, 5.74) is -0.527. The zero-order valence-electron chi connectivity index (χ0n) is 15.6. The minimum absolute atomic E-state index is 0.229. The first-order valence-electron chi connectivity index (χ1n) is 8.20. The van der Waals surface area contributed by atoms with Gasteiger partial charge < -0.3 is 0 Å². The van der Waals surface area contributed by atoms with Gasteiger partial charge in [-0.15, -0.1) is 0 Å². The van der Waals surface area contributed by atoms with Crippen molar-refractivity contribution >= 4 is 5.84 Å². The number of hydrogen-bond donors (Lipinski definition) is 0. The van der Waals surface area contributed by atoms with Crippen LogP contribution in [0.15, 0.2) is 10.2 Å². The molecular weight excluding hydrogens is 276 g/mol. The van der Waals surface area contributed by atoms with Gasteiger partial charge in [-0.1, -0.05) is 0 Å². The lowest BCUT2D eigenvalue weighted by Crippen LogP contribution is -2.50. The van der Waals surface area contributed by atoms with Gasteiger partial charge in [-0.2, -0.15) is 10.2 Å². The number of likely N-dealkylation sites (N-methyl/N-ethyl adjacent to an activating group) is 4. The Bertz CT molecular complexity index is 469. The average molecular weight is 309 g/mol. The molecule has 6 heteroatoms. The zero-order chi connectivity index (χ0) is 16.7. The maximum absolute atomic E-state index is 4.79. The molecule has 0 aromatic rings. The molecule has 0 bridgehead atoms. The second kappa shape index (κ2) is 5.89. The maximum Gasteiger partial charge on any atom is 0.276 e. The second-order valence-corrected chi connectivity index (χ2v) is 7.91. The first kappa shape index (κ1) is 17.3. The van der Waals surface area contributed by atoms with E-state index in [-0.39, 0.29) is 11.1 Å². The molecule has 1 fully saturated rings. The molecule has 0 amide bonds. The standard InChI is InChI=1S/C16H33N6/c1-15(2,13-19(5)9-10-20(13)6)17-18-16(3,4)14-21(7)11-12-22(14)8/h13H,9-12H2,1-8H3/q+1. The predicted octanol–water partition coefficient (Wildman–Crippen LogP) is 1.19. The summed E-state index contributed by atoms with van der Waals surface area (Å²) in [5.74, 6) is 1.25. The highest BCUT2D eigenvalue weighted by Crippen LogP contribution is 2.28. The Labute approximate surface area is 135 Å². The number of amidine groups is 1. The van der Waals surface area contributed by atoms with E-state index in [1.165, 1.54) is 5.84 Å². The van der Waals surface area contributed by atoms with Crippen molar-refractivity contribution in [1.29, 1.82) is 0 Å². The molecule has 0 radical (unpaired) electrons. The fraction of sp³-hybridized carbons (Fsp3) is 0.938. The third kappa shape index (κ3) is 3.18. The van der Waals surface area contributed by atoms with Crippen molar-refractivity contribution in [2.45, 2.75) is 44.9 Å². The predicted molar refractivity (Wildman–Crippen MR) is 90.8 cm³/mol. The number of azo groups is 1. The van der Waals surface area contributed by atoms with Crippen LogP contribution >= 0.6 is 0 Å². The van der Waals surface area contributed by atoms with Gasteiger partial charge in [0.05, 0.1) is 20.3 Å². The van der Waals surface area contributed by atoms with E-state index in [0.29, 0.717) is 6.17 Å². The summed E-state index contributed by atoms with van der Waals surface area (Å²) in [4.78, 5) is 7.03. The van der Waals surface area contributed by atoms with Crippen molar-refractivity contribution in [2.24, 2.45) is 10.2 Å². The number of hydrogen-bond acceptors (Lipinski definition) is 5. The van der Waals surface area contributed by atoms with Crippen LogP contribution in [0.1, 0.15) is 27.7 Å². The van der Waals surface area contributed by atoms with Crippen LogP contribution < -0.4 is 0 Å². The van der Waals surface area contributed by atoms with Gasteiger partial charge >= 0.3 is 0 Å². The average Bonchev–Trinajstić information content (AvgIpc) is 2.91. The lowest BCUT2D eigenvalue weighted by Gasteiger charge is -2.36. The van der Waals surface area contributed by atoms with E-state index in [1.54, 1.807) is 0 Å². The zero-order valence-corrected chi connectivity index (χ0v) is 15.6. The molecule has 0 saturated carbocycles. The van der Waals surface area contributed by atoms with Crippen molar-refractivity contribution in [1.82, 2.24) is 14.7 Å². The molecule has 2 aliphatic heterocycles. The normalized spacial score (nSPS) is 23.5. The molecule has 126 valence electrons. The van der Waals surface area contributed by atoms with Crippen LogP contribution in [-0.4, -0.2) is 96.7 Å². The highest BCUT2D eigenvalue weighted by atomic mass is 15.4. The fourth-order valence-electron chi connectivity index (χ4n) is 4.06. The molecule has 2 rings (SSSR count). The Kier molecular flexibility index (Phi) is 4.64. The largest absolute Gasteiger partial charge is 0.288 e. The van der Waals surface area contributed by atoms with Gasteiger partial charge in [-0.05, 0) is 41.8 Å². The van der Waals surface area contributed by atoms with Gasteiger partial charge in [0.25, 0.3) is 5.84 Å². The van der Waals surface area contributed by atoms with Gasteiger partial charge in [0.15, 0.2) is 5.54 Å². The van der Waals surface area contributed by atoms with Crippen molar-refractivity contribution in [3.05, 3.63) is 0 Å². The van der Waals surface area contributed by atoms with Gasteiger partial charge in [0, 0.05) is 13.1 Å². The molecule has 1 saturated heterocycles. The van der Waals surface area contributed by atoms with E-state index in [1.807, 2.05) is 0 Å². The summed E-state index contributed by atoms with van der Waals surface area (Å²) in [5, 5.41) is 9.57. The van der Waals surface area contributed by atoms with Crippen LogP contribution in [0, 0.1) is 0 Å². The maximum atomic E-state index is 4.79. The Morgan fingerprint density at radius 1 is 0.955 bits per heavy atom. The molecule has 0 aromatic carbocycles. The van der Waals surface area contributed by atoms with E-state index in [0.717, 1.165) is 26.2 Å². The van der Waals surface area contributed by atoms with Crippen LogP contribution in [0.4, 0.5) is 0 Å². The topological polar surface area (TPSA) is 37.5 Å². The van der Waals surface area contributed by atoms with Crippen molar-refractivity contribution in [2.75, 3.05) is 54.4 Å². The van der Waals surface area contributed by atoms with Crippen molar-refractivity contribution < 1.29 is 4.58 Å². The fourth-order valence-corrected chi connectivity index (χ4v) is 4.06. The SMILES string of the molecule is CN1CC[N+](C)=C1C(C)(C)N=NC(C)(C)C1N(C)CCN1C. The van der Waals surface area contributed by atoms with Crippen LogP contribution in [0.5, 0.6) is 0 Å². The quantitative estimate of drug-likeness (QED) is 0.578. The Morgan fingerprint density at radius 2 is 1.50 bits per heavy atom. The van der Waals surface area contributed by atoms with Crippen molar-refractivity contribution in [3.8, 4) is 0 Å². The summed E-state index contributed by atoms with van der Waals surface area (Å²) >= 11 is 0. The molecule has 0 atom stereocenters. The van der Waals surface area contributed by atoms with E-state index >= 15 is 0 Å². The van der Waals surface area contributed by atoms with Gasteiger partial charge in [-0.25, -0.2) is 0 Å². The summed E-state index contributed by atoms with van der Waals surface area (Å²) in [6.45, 7) is 13.0. The van der Waals surface area contributed by atoms with Crippen LogP contribution in [0.2, 0.25) is 0 Å². The molecule has 0 spiro atoms. The van der Waals surface area contributed by atoms with E-state index in [2.05, 4.69) is 75.2 Å². The Balaban J connectivity index is 2.21. The lowest BCUT2D eigenvalue weighted by molar-refractivity contribution is -0.489. The highest BCUT2D eigenvalue weighted by Gasteiger charge is 2.43. The summed E-state index contributed by atoms with van der Waals surface area (Å²) in [7, 11) is 8.62. The summed E-state index contributed by atoms with van der Waals surface area (Å²) in [6, 6.07) is 0. The highest BCUT2D eigenvalue weighted by molar-refractivity contribution is 5.87. The van der Waals surface area contributed by atoms with Crippen molar-refractivity contribution in [3.63, 3.8) is 0 Å². The molecule has 0 aromatic heterocycles. The second-order valence-electron chi connectivity index (χ2n) is 7.91. The first-order chi connectivity index (χ1) is 10.1. The summed E-state index contributed by atoms with van der Waals surface area (Å²) < 4.78 is 2.29. The number of nitrogens with zero attached hydrogens (tertiary/aromatic N) is 6. The molecule has 0 aliphatic carbocycles. The van der Waals surface area contributed by atoms with Gasteiger partial charge in [-0.3, -0.25) is 19.3 Å². The Morgan fingerprint density at radius 3 is 1.95 bits per heavy atom. The molecule has 2 aliphatic rings. The number of rotatable bonds is 4. The van der Waals surface area contributed by atoms with E-state index in [4.69, 9.17) is 10.2 Å². The monoisotopic (exact) mass is 309 g/mol. The first-order valence-corrected chi connectivity index (χ1v) is 8.20. The van der Waals surface area contributed by atoms with Gasteiger partial charge in [0.2, 0.25) is 0 Å².